The molecule has 2 saturated heterocycles. The van der Waals surface area contributed by atoms with Gasteiger partial charge in [0, 0.05) is 40.9 Å². The summed E-state index contributed by atoms with van der Waals surface area (Å²) in [5.74, 6) is -0.278. The molecule has 180 valence electrons. The maximum absolute atomic E-state index is 13.0. The lowest BCUT2D eigenvalue weighted by atomic mass is 10.2. The van der Waals surface area contributed by atoms with Gasteiger partial charge in [0.2, 0.25) is 0 Å². The fourth-order valence-corrected chi connectivity index (χ4v) is 5.60. The first-order valence-corrected chi connectivity index (χ1v) is 12.7. The molecule has 3 heterocycles. The van der Waals surface area contributed by atoms with Crippen LogP contribution in [-0.4, -0.2) is 46.9 Å². The Morgan fingerprint density at radius 2 is 1.71 bits per heavy atom. The average Bonchev–Trinajstić information content (AvgIpc) is 3.28. The number of aryl methyl sites for hydroxylation is 1. The molecule has 35 heavy (non-hydrogen) atoms. The first kappa shape index (κ1) is 23.7. The number of benzene rings is 2. The van der Waals surface area contributed by atoms with E-state index in [2.05, 4.69) is 39.8 Å². The predicted octanol–water partition coefficient (Wildman–Crippen LogP) is 5.82. The number of hydrogen-bond acceptors (Lipinski definition) is 5. The van der Waals surface area contributed by atoms with E-state index < -0.39 is 0 Å². The van der Waals surface area contributed by atoms with Crippen LogP contribution >= 0.6 is 23.4 Å². The predicted molar refractivity (Wildman–Crippen MR) is 141 cm³/mol. The molecule has 0 spiro atoms. The first-order valence-electron chi connectivity index (χ1n) is 11.5. The molecule has 0 atom stereocenters. The van der Waals surface area contributed by atoms with Crippen molar-refractivity contribution in [2.24, 2.45) is 0 Å². The summed E-state index contributed by atoms with van der Waals surface area (Å²) < 4.78 is 7.62. The minimum Gasteiger partial charge on any atom is -0.378 e. The molecule has 3 aromatic rings. The van der Waals surface area contributed by atoms with E-state index in [0.717, 1.165) is 66.3 Å². The number of carbonyl (C=O) groups is 2. The van der Waals surface area contributed by atoms with Gasteiger partial charge in [-0.05, 0) is 85.3 Å². The zero-order valence-corrected chi connectivity index (χ0v) is 21.2. The summed E-state index contributed by atoms with van der Waals surface area (Å²) in [6.07, 6.45) is 1.82. The summed E-state index contributed by atoms with van der Waals surface area (Å²) in [5, 5.41) is 0.309. The number of nitrogens with zero attached hydrogens (tertiary/aromatic N) is 3. The van der Waals surface area contributed by atoms with Crippen molar-refractivity contribution in [1.29, 1.82) is 0 Å². The van der Waals surface area contributed by atoms with E-state index in [0.29, 0.717) is 9.93 Å². The molecule has 8 heteroatoms. The van der Waals surface area contributed by atoms with Crippen molar-refractivity contribution in [2.45, 2.75) is 20.4 Å². The van der Waals surface area contributed by atoms with Crippen molar-refractivity contribution in [1.82, 2.24) is 9.47 Å². The van der Waals surface area contributed by atoms with Crippen molar-refractivity contribution in [2.75, 3.05) is 31.2 Å². The van der Waals surface area contributed by atoms with Gasteiger partial charge < -0.3 is 14.2 Å². The van der Waals surface area contributed by atoms with Crippen LogP contribution in [0.5, 0.6) is 0 Å². The number of halogens is 1. The van der Waals surface area contributed by atoms with Gasteiger partial charge in [-0.15, -0.1) is 0 Å². The summed E-state index contributed by atoms with van der Waals surface area (Å²) >= 11 is 7.04. The topological polar surface area (TPSA) is 54.8 Å². The van der Waals surface area contributed by atoms with E-state index in [9.17, 15) is 9.59 Å². The van der Waals surface area contributed by atoms with Crippen LogP contribution in [0.1, 0.15) is 22.5 Å². The minimum absolute atomic E-state index is 0.205. The highest BCUT2D eigenvalue weighted by Crippen LogP contribution is 2.35. The van der Waals surface area contributed by atoms with Crippen LogP contribution in [0.15, 0.2) is 59.5 Å². The smallest absolute Gasteiger partial charge is 0.293 e. The van der Waals surface area contributed by atoms with Gasteiger partial charge in [-0.2, -0.15) is 0 Å². The lowest BCUT2D eigenvalue weighted by Gasteiger charge is -2.29. The third kappa shape index (κ3) is 4.89. The maximum atomic E-state index is 13.0. The quantitative estimate of drug-likeness (QED) is 0.407. The Morgan fingerprint density at radius 1 is 1.00 bits per heavy atom. The third-order valence-electron chi connectivity index (χ3n) is 6.34. The SMILES string of the molecule is Cc1cc(/C=C2\SC(=O)N(Cc3cccc(Cl)c3)C2=O)c(C)n1-c1ccc(N2CCOCC2)cc1. The number of anilines is 1. The minimum atomic E-state index is -0.278. The first-order chi connectivity index (χ1) is 16.9. The molecule has 6 nitrogen and oxygen atoms in total. The van der Waals surface area contributed by atoms with Crippen molar-refractivity contribution in [3.05, 3.63) is 87.0 Å². The van der Waals surface area contributed by atoms with Crippen molar-refractivity contribution in [3.63, 3.8) is 0 Å². The number of amides is 2. The molecule has 5 rings (SSSR count). The van der Waals surface area contributed by atoms with Crippen LogP contribution < -0.4 is 4.90 Å². The number of imide groups is 1. The molecule has 2 amide bonds. The Bertz CT molecular complexity index is 1310. The fraction of sp³-hybridized carbons (Fsp3) is 0.259. The monoisotopic (exact) mass is 507 g/mol. The Kier molecular flexibility index (Phi) is 6.73. The lowest BCUT2D eigenvalue weighted by Crippen LogP contribution is -2.36. The van der Waals surface area contributed by atoms with E-state index in [1.54, 1.807) is 12.1 Å². The van der Waals surface area contributed by atoms with Gasteiger partial charge in [0.1, 0.15) is 0 Å². The van der Waals surface area contributed by atoms with E-state index in [1.807, 2.05) is 32.1 Å². The molecular weight excluding hydrogens is 482 g/mol. The fourth-order valence-electron chi connectivity index (χ4n) is 4.56. The summed E-state index contributed by atoms with van der Waals surface area (Å²) in [6, 6.07) is 17.8. The number of morpholine rings is 1. The highest BCUT2D eigenvalue weighted by Gasteiger charge is 2.35. The normalized spacial score (nSPS) is 17.6. The Hall–Kier alpha value is -3.00. The van der Waals surface area contributed by atoms with Gasteiger partial charge in [-0.25, -0.2) is 0 Å². The van der Waals surface area contributed by atoms with Crippen LogP contribution in [0.3, 0.4) is 0 Å². The Balaban J connectivity index is 1.37. The molecule has 0 saturated carbocycles. The molecule has 0 radical (unpaired) electrons. The van der Waals surface area contributed by atoms with Crippen LogP contribution in [0.4, 0.5) is 10.5 Å². The molecule has 0 aliphatic carbocycles. The molecule has 2 aromatic carbocycles. The van der Waals surface area contributed by atoms with Crippen molar-refractivity contribution < 1.29 is 14.3 Å². The van der Waals surface area contributed by atoms with Gasteiger partial charge in [0.25, 0.3) is 11.1 Å². The second-order valence-electron chi connectivity index (χ2n) is 8.68. The molecule has 0 bridgehead atoms. The summed E-state index contributed by atoms with van der Waals surface area (Å²) in [4.78, 5) is 29.7. The summed E-state index contributed by atoms with van der Waals surface area (Å²) in [6.45, 7) is 7.60. The van der Waals surface area contributed by atoms with Gasteiger partial charge in [0.15, 0.2) is 0 Å². The van der Waals surface area contributed by atoms with Gasteiger partial charge >= 0.3 is 0 Å². The number of thioether (sulfide) groups is 1. The molecule has 2 aliphatic rings. The maximum Gasteiger partial charge on any atom is 0.293 e. The van der Waals surface area contributed by atoms with Crippen LogP contribution in [0.2, 0.25) is 5.02 Å². The van der Waals surface area contributed by atoms with Crippen LogP contribution in [-0.2, 0) is 16.1 Å². The number of rotatable bonds is 5. The highest BCUT2D eigenvalue weighted by molar-refractivity contribution is 8.18. The van der Waals surface area contributed by atoms with Gasteiger partial charge in [-0.3, -0.25) is 14.5 Å². The van der Waals surface area contributed by atoms with E-state index in [-0.39, 0.29) is 17.7 Å². The Labute approximate surface area is 214 Å². The third-order valence-corrected chi connectivity index (χ3v) is 7.49. The van der Waals surface area contributed by atoms with Crippen LogP contribution in [0, 0.1) is 13.8 Å². The average molecular weight is 508 g/mol. The van der Waals surface area contributed by atoms with Gasteiger partial charge in [-0.1, -0.05) is 23.7 Å². The Morgan fingerprint density at radius 3 is 2.43 bits per heavy atom. The highest BCUT2D eigenvalue weighted by atomic mass is 35.5. The number of carbonyl (C=O) groups excluding carboxylic acids is 2. The molecule has 1 aromatic heterocycles. The zero-order valence-electron chi connectivity index (χ0n) is 19.7. The standard InChI is InChI=1S/C27H26ClN3O3S/c1-18-14-21(16-25-26(32)30(27(33)35-25)17-20-4-3-5-22(28)15-20)19(2)31(18)24-8-6-23(7-9-24)29-10-12-34-13-11-29/h3-9,14-16H,10-13,17H2,1-2H3/b25-16-. The van der Waals surface area contributed by atoms with Crippen LogP contribution in [0.25, 0.3) is 11.8 Å². The zero-order chi connectivity index (χ0) is 24.5. The molecular formula is C27H26ClN3O3S. The molecule has 0 unspecified atom stereocenters. The molecule has 0 N–H and O–H groups in total. The van der Waals surface area contributed by atoms with E-state index >= 15 is 0 Å². The largest absolute Gasteiger partial charge is 0.378 e. The van der Waals surface area contributed by atoms with Crippen molar-refractivity contribution in [3.8, 4) is 5.69 Å². The second kappa shape index (κ2) is 9.93. The molecule has 2 fully saturated rings. The number of hydrogen-bond donors (Lipinski definition) is 0. The second-order valence-corrected chi connectivity index (χ2v) is 10.1. The van der Waals surface area contributed by atoms with Crippen molar-refractivity contribution >= 4 is 46.3 Å². The van der Waals surface area contributed by atoms with Gasteiger partial charge in [0.05, 0.1) is 24.7 Å². The lowest BCUT2D eigenvalue weighted by molar-refractivity contribution is -0.123. The van der Waals surface area contributed by atoms with E-state index in [1.165, 1.54) is 10.6 Å². The molecule has 2 aliphatic heterocycles. The number of aromatic nitrogens is 1. The summed E-state index contributed by atoms with van der Waals surface area (Å²) in [5.41, 5.74) is 6.07. The number of ether oxygens (including phenoxy) is 1. The summed E-state index contributed by atoms with van der Waals surface area (Å²) in [7, 11) is 0. The van der Waals surface area contributed by atoms with E-state index in [4.69, 9.17) is 16.3 Å².